The van der Waals surface area contributed by atoms with Crippen LogP contribution in [0.3, 0.4) is 0 Å². The number of anilines is 1. The van der Waals surface area contributed by atoms with E-state index in [1.807, 2.05) is 38.1 Å². The first kappa shape index (κ1) is 17.0. The fourth-order valence-electron chi connectivity index (χ4n) is 2.83. The van der Waals surface area contributed by atoms with Crippen molar-refractivity contribution < 1.29 is 9.13 Å². The third-order valence-electron chi connectivity index (χ3n) is 3.86. The molecule has 1 heterocycles. The largest absolute Gasteiger partial charge is 0.487 e. The predicted octanol–water partition coefficient (Wildman–Crippen LogP) is 5.07. The Labute approximate surface area is 151 Å². The maximum atomic E-state index is 13.2. The van der Waals surface area contributed by atoms with Gasteiger partial charge in [-0.15, -0.1) is 0 Å². The first-order chi connectivity index (χ1) is 11.3. The average Bonchev–Trinajstić information content (AvgIpc) is 2.50. The van der Waals surface area contributed by atoms with Gasteiger partial charge >= 0.3 is 0 Å². The van der Waals surface area contributed by atoms with Gasteiger partial charge in [-0.2, -0.15) is 0 Å². The molecule has 0 bridgehead atoms. The lowest BCUT2D eigenvalue weighted by Crippen LogP contribution is -2.42. The molecule has 1 aliphatic rings. The Kier molecular flexibility index (Phi) is 4.65. The number of halogens is 2. The normalized spacial score (nSPS) is 18.2. The molecule has 0 aliphatic carbocycles. The second-order valence-corrected chi connectivity index (χ2v) is 7.20. The maximum Gasteiger partial charge on any atom is 0.171 e. The van der Waals surface area contributed by atoms with E-state index in [-0.39, 0.29) is 16.7 Å². The van der Waals surface area contributed by atoms with Gasteiger partial charge in [-0.1, -0.05) is 29.8 Å². The van der Waals surface area contributed by atoms with Gasteiger partial charge < -0.3 is 15.4 Å². The van der Waals surface area contributed by atoms with Crippen molar-refractivity contribution >= 4 is 34.6 Å². The molecule has 0 amide bonds. The summed E-state index contributed by atoms with van der Waals surface area (Å²) in [5.41, 5.74) is 1.41. The maximum absolute atomic E-state index is 13.2. The van der Waals surface area contributed by atoms with Crippen molar-refractivity contribution in [1.82, 2.24) is 5.32 Å². The van der Waals surface area contributed by atoms with Gasteiger partial charge in [0.2, 0.25) is 0 Å². The van der Waals surface area contributed by atoms with Gasteiger partial charge in [0.05, 0.1) is 11.1 Å². The highest BCUT2D eigenvalue weighted by Gasteiger charge is 2.33. The van der Waals surface area contributed by atoms with E-state index in [0.29, 0.717) is 10.8 Å². The highest BCUT2D eigenvalue weighted by Crippen LogP contribution is 2.39. The van der Waals surface area contributed by atoms with Crippen LogP contribution in [0.25, 0.3) is 0 Å². The highest BCUT2D eigenvalue weighted by molar-refractivity contribution is 7.80. The molecule has 2 aromatic carbocycles. The van der Waals surface area contributed by atoms with Gasteiger partial charge in [0.1, 0.15) is 17.2 Å². The Morgan fingerprint density at radius 3 is 2.79 bits per heavy atom. The minimum atomic E-state index is -0.457. The second-order valence-electron chi connectivity index (χ2n) is 6.38. The Morgan fingerprint density at radius 1 is 1.29 bits per heavy atom. The number of para-hydroxylation sites is 1. The third kappa shape index (κ3) is 3.79. The van der Waals surface area contributed by atoms with E-state index in [0.717, 1.165) is 17.7 Å². The smallest absolute Gasteiger partial charge is 0.171 e. The lowest BCUT2D eigenvalue weighted by molar-refractivity contribution is 0.0697. The van der Waals surface area contributed by atoms with Crippen LogP contribution in [-0.4, -0.2) is 10.7 Å². The van der Waals surface area contributed by atoms with Crippen molar-refractivity contribution in [1.29, 1.82) is 0 Å². The summed E-state index contributed by atoms with van der Waals surface area (Å²) in [7, 11) is 0. The molecule has 0 unspecified atom stereocenters. The van der Waals surface area contributed by atoms with Crippen molar-refractivity contribution in [3.05, 3.63) is 58.9 Å². The number of ether oxygens (including phenoxy) is 1. The topological polar surface area (TPSA) is 33.3 Å². The van der Waals surface area contributed by atoms with Crippen molar-refractivity contribution in [3.63, 3.8) is 0 Å². The van der Waals surface area contributed by atoms with Crippen LogP contribution >= 0.6 is 23.8 Å². The molecule has 6 heteroatoms. The van der Waals surface area contributed by atoms with Gasteiger partial charge in [0.15, 0.2) is 5.11 Å². The molecule has 0 aromatic heterocycles. The van der Waals surface area contributed by atoms with Gasteiger partial charge in [-0.3, -0.25) is 0 Å². The summed E-state index contributed by atoms with van der Waals surface area (Å²) < 4.78 is 19.3. The molecule has 0 saturated heterocycles. The molecule has 2 N–H and O–H groups in total. The first-order valence-corrected chi connectivity index (χ1v) is 8.43. The van der Waals surface area contributed by atoms with Gasteiger partial charge in [0.25, 0.3) is 0 Å². The van der Waals surface area contributed by atoms with Crippen molar-refractivity contribution in [2.75, 3.05) is 5.32 Å². The molecular weight excluding hydrogens is 347 g/mol. The molecule has 3 rings (SSSR count). The lowest BCUT2D eigenvalue weighted by Gasteiger charge is -2.38. The number of rotatable bonds is 2. The Hall–Kier alpha value is -1.85. The van der Waals surface area contributed by atoms with Crippen molar-refractivity contribution in [2.24, 2.45) is 0 Å². The number of hydrogen-bond donors (Lipinski definition) is 2. The molecular formula is C18H18ClFN2OS. The van der Waals surface area contributed by atoms with Crippen LogP contribution in [0, 0.1) is 5.82 Å². The van der Waals surface area contributed by atoms with Crippen LogP contribution in [0.15, 0.2) is 42.5 Å². The lowest BCUT2D eigenvalue weighted by atomic mass is 9.90. The zero-order valence-corrected chi connectivity index (χ0v) is 15.0. The summed E-state index contributed by atoms with van der Waals surface area (Å²) in [5, 5.41) is 6.87. The summed E-state index contributed by atoms with van der Waals surface area (Å²) in [6.07, 6.45) is 0.774. The number of hydrogen-bond acceptors (Lipinski definition) is 2. The standard InChI is InChI=1S/C18H18ClFN2OS/c1-18(2)10-15(12-5-3-4-6-16(12)23-18)22-17(24)21-11-7-8-14(20)13(19)9-11/h3-9,15H,10H2,1-2H3,(H2,21,22,24)/t15-/m1/s1. The van der Waals surface area contributed by atoms with E-state index in [9.17, 15) is 4.39 Å². The molecule has 3 nitrogen and oxygen atoms in total. The molecule has 126 valence electrons. The minimum absolute atomic E-state index is 0.0286. The highest BCUT2D eigenvalue weighted by atomic mass is 35.5. The molecule has 2 aromatic rings. The van der Waals surface area contributed by atoms with Crippen molar-refractivity contribution in [3.8, 4) is 5.75 Å². The predicted molar refractivity (Wildman–Crippen MR) is 99.3 cm³/mol. The molecule has 1 atom stereocenters. The third-order valence-corrected chi connectivity index (χ3v) is 4.37. The Morgan fingerprint density at radius 2 is 2.04 bits per heavy atom. The van der Waals surface area contributed by atoms with Crippen LogP contribution in [0.1, 0.15) is 31.9 Å². The molecule has 0 spiro atoms. The second kappa shape index (κ2) is 6.57. The quantitative estimate of drug-likeness (QED) is 0.729. The van der Waals surface area contributed by atoms with Crippen LogP contribution < -0.4 is 15.4 Å². The fraction of sp³-hybridized carbons (Fsp3) is 0.278. The van der Waals surface area contributed by atoms with Gasteiger partial charge in [-0.25, -0.2) is 4.39 Å². The van der Waals surface area contributed by atoms with E-state index >= 15 is 0 Å². The van der Waals surface area contributed by atoms with E-state index in [4.69, 9.17) is 28.6 Å². The van der Waals surface area contributed by atoms with Crippen molar-refractivity contribution in [2.45, 2.75) is 31.9 Å². The first-order valence-electron chi connectivity index (χ1n) is 7.64. The van der Waals surface area contributed by atoms with E-state index in [1.54, 1.807) is 6.07 Å². The van der Waals surface area contributed by atoms with Crippen LogP contribution in [0.5, 0.6) is 5.75 Å². The molecule has 0 fully saturated rings. The van der Waals surface area contributed by atoms with E-state index in [1.165, 1.54) is 12.1 Å². The zero-order chi connectivity index (χ0) is 17.3. The zero-order valence-electron chi connectivity index (χ0n) is 13.4. The van der Waals surface area contributed by atoms with Crippen LogP contribution in [0.4, 0.5) is 10.1 Å². The number of thiocarbonyl (C=S) groups is 1. The summed E-state index contributed by atoms with van der Waals surface area (Å²) in [4.78, 5) is 0. The average molecular weight is 365 g/mol. The van der Waals surface area contributed by atoms with Crippen LogP contribution in [0.2, 0.25) is 5.02 Å². The molecule has 1 aliphatic heterocycles. The summed E-state index contributed by atoms with van der Waals surface area (Å²) >= 11 is 11.2. The summed E-state index contributed by atoms with van der Waals surface area (Å²) in [6.45, 7) is 4.10. The Bertz CT molecular complexity index is 781. The minimum Gasteiger partial charge on any atom is -0.487 e. The Balaban J connectivity index is 1.75. The van der Waals surface area contributed by atoms with Gasteiger partial charge in [-0.05, 0) is 50.3 Å². The van der Waals surface area contributed by atoms with Gasteiger partial charge in [0, 0.05) is 17.7 Å². The summed E-state index contributed by atoms with van der Waals surface area (Å²) in [6, 6.07) is 12.4. The molecule has 0 saturated carbocycles. The summed E-state index contributed by atoms with van der Waals surface area (Å²) in [5.74, 6) is 0.403. The van der Waals surface area contributed by atoms with Crippen LogP contribution in [-0.2, 0) is 0 Å². The van der Waals surface area contributed by atoms with E-state index in [2.05, 4.69) is 10.6 Å². The number of nitrogens with one attached hydrogen (secondary N) is 2. The monoisotopic (exact) mass is 364 g/mol. The number of benzene rings is 2. The molecule has 24 heavy (non-hydrogen) atoms. The van der Waals surface area contributed by atoms with E-state index < -0.39 is 5.82 Å². The number of fused-ring (bicyclic) bond motifs is 1. The molecule has 0 radical (unpaired) electrons. The SMILES string of the molecule is CC1(C)C[C@@H](NC(=S)Nc2ccc(F)c(Cl)c2)c2ccccc2O1. The fourth-order valence-corrected chi connectivity index (χ4v) is 3.27.